The molecule has 1 saturated heterocycles. The highest BCUT2D eigenvalue weighted by molar-refractivity contribution is 6.31. The van der Waals surface area contributed by atoms with Crippen LogP contribution in [0, 0.1) is 6.92 Å². The molecule has 1 N–H and O–H groups in total. The van der Waals surface area contributed by atoms with Gasteiger partial charge in [-0.25, -0.2) is 0 Å². The molecule has 0 amide bonds. The summed E-state index contributed by atoms with van der Waals surface area (Å²) in [5.41, 5.74) is 1.07. The Bertz CT molecular complexity index is 361. The van der Waals surface area contributed by atoms with Gasteiger partial charge in [0.1, 0.15) is 5.75 Å². The predicted molar refractivity (Wildman–Crippen MR) is 71.9 cm³/mol. The van der Waals surface area contributed by atoms with Crippen LogP contribution < -0.4 is 10.1 Å². The fourth-order valence-corrected chi connectivity index (χ4v) is 2.35. The Kier molecular flexibility index (Phi) is 4.69. The van der Waals surface area contributed by atoms with Gasteiger partial charge in [-0.05, 0) is 62.9 Å². The third kappa shape index (κ3) is 3.90. The highest BCUT2D eigenvalue weighted by Gasteiger charge is 2.12. The van der Waals surface area contributed by atoms with Crippen LogP contribution in [0.25, 0.3) is 0 Å². The average molecular weight is 254 g/mol. The van der Waals surface area contributed by atoms with Gasteiger partial charge in [0.2, 0.25) is 0 Å². The largest absolute Gasteiger partial charge is 0.494 e. The Morgan fingerprint density at radius 3 is 3.06 bits per heavy atom. The maximum atomic E-state index is 5.96. The summed E-state index contributed by atoms with van der Waals surface area (Å²) < 4.78 is 5.72. The Balaban J connectivity index is 1.68. The summed E-state index contributed by atoms with van der Waals surface area (Å²) in [4.78, 5) is 0. The fourth-order valence-electron chi connectivity index (χ4n) is 2.23. The predicted octanol–water partition coefficient (Wildman–Crippen LogP) is 3.56. The van der Waals surface area contributed by atoms with Gasteiger partial charge in [0.05, 0.1) is 6.61 Å². The van der Waals surface area contributed by atoms with Crippen LogP contribution >= 0.6 is 11.6 Å². The molecule has 3 heteroatoms. The number of aryl methyl sites for hydroxylation is 1. The third-order valence-electron chi connectivity index (χ3n) is 3.26. The van der Waals surface area contributed by atoms with E-state index in [1.165, 1.54) is 25.8 Å². The molecule has 94 valence electrons. The van der Waals surface area contributed by atoms with Crippen molar-refractivity contribution in [1.29, 1.82) is 0 Å². The van der Waals surface area contributed by atoms with Crippen LogP contribution in [0.3, 0.4) is 0 Å². The number of rotatable bonds is 5. The van der Waals surface area contributed by atoms with E-state index >= 15 is 0 Å². The zero-order valence-electron chi connectivity index (χ0n) is 10.3. The molecule has 1 aromatic rings. The van der Waals surface area contributed by atoms with E-state index in [9.17, 15) is 0 Å². The fraction of sp³-hybridized carbons (Fsp3) is 0.571. The molecule has 1 unspecified atom stereocenters. The highest BCUT2D eigenvalue weighted by atomic mass is 35.5. The number of benzene rings is 1. The second-order valence-electron chi connectivity index (χ2n) is 4.69. The standard InChI is InChI=1S/C14H20ClNO/c1-11-10-13(6-7-14(11)15)17-9-3-5-12-4-2-8-16-12/h6-7,10,12,16H,2-5,8-9H2,1H3. The van der Waals surface area contributed by atoms with E-state index in [0.29, 0.717) is 6.04 Å². The first-order valence-corrected chi connectivity index (χ1v) is 6.76. The minimum Gasteiger partial charge on any atom is -0.494 e. The summed E-state index contributed by atoms with van der Waals surface area (Å²) in [5, 5.41) is 4.30. The molecule has 1 heterocycles. The maximum Gasteiger partial charge on any atom is 0.119 e. The van der Waals surface area contributed by atoms with Gasteiger partial charge in [-0.2, -0.15) is 0 Å². The summed E-state index contributed by atoms with van der Waals surface area (Å²) in [7, 11) is 0. The van der Waals surface area contributed by atoms with Gasteiger partial charge in [0.25, 0.3) is 0 Å². The van der Waals surface area contributed by atoms with Gasteiger partial charge in [0.15, 0.2) is 0 Å². The SMILES string of the molecule is Cc1cc(OCCCC2CCCN2)ccc1Cl. The molecule has 17 heavy (non-hydrogen) atoms. The van der Waals surface area contributed by atoms with E-state index in [0.717, 1.165) is 29.4 Å². The van der Waals surface area contributed by atoms with Crippen LogP contribution in [0.5, 0.6) is 5.75 Å². The quantitative estimate of drug-likeness (QED) is 0.811. The van der Waals surface area contributed by atoms with Crippen molar-refractivity contribution in [3.8, 4) is 5.75 Å². The van der Waals surface area contributed by atoms with Crippen molar-refractivity contribution < 1.29 is 4.74 Å². The topological polar surface area (TPSA) is 21.3 Å². The van der Waals surface area contributed by atoms with Crippen molar-refractivity contribution in [2.75, 3.05) is 13.2 Å². The van der Waals surface area contributed by atoms with Gasteiger partial charge in [-0.1, -0.05) is 11.6 Å². The smallest absolute Gasteiger partial charge is 0.119 e. The summed E-state index contributed by atoms with van der Waals surface area (Å²) in [5.74, 6) is 0.922. The summed E-state index contributed by atoms with van der Waals surface area (Å²) in [6, 6.07) is 6.54. The van der Waals surface area contributed by atoms with Crippen molar-refractivity contribution in [1.82, 2.24) is 5.32 Å². The van der Waals surface area contributed by atoms with Crippen LogP contribution in [0.15, 0.2) is 18.2 Å². The molecule has 0 radical (unpaired) electrons. The van der Waals surface area contributed by atoms with Gasteiger partial charge in [-0.15, -0.1) is 0 Å². The van der Waals surface area contributed by atoms with Gasteiger partial charge >= 0.3 is 0 Å². The average Bonchev–Trinajstić information content (AvgIpc) is 2.82. The molecule has 0 spiro atoms. The molecule has 0 aliphatic carbocycles. The molecule has 1 aliphatic heterocycles. The van der Waals surface area contributed by atoms with Crippen molar-refractivity contribution in [2.45, 2.75) is 38.6 Å². The Morgan fingerprint density at radius 1 is 1.47 bits per heavy atom. The van der Waals surface area contributed by atoms with Crippen molar-refractivity contribution in [3.05, 3.63) is 28.8 Å². The van der Waals surface area contributed by atoms with E-state index in [1.807, 2.05) is 25.1 Å². The Labute approximate surface area is 108 Å². The molecule has 1 aromatic carbocycles. The van der Waals surface area contributed by atoms with Crippen LogP contribution in [-0.2, 0) is 0 Å². The number of nitrogens with one attached hydrogen (secondary N) is 1. The Hall–Kier alpha value is -0.730. The van der Waals surface area contributed by atoms with E-state index in [-0.39, 0.29) is 0 Å². The van der Waals surface area contributed by atoms with Crippen LogP contribution in [-0.4, -0.2) is 19.2 Å². The maximum absolute atomic E-state index is 5.96. The first kappa shape index (κ1) is 12.7. The van der Waals surface area contributed by atoms with Gasteiger partial charge in [0, 0.05) is 11.1 Å². The molecule has 2 nitrogen and oxygen atoms in total. The number of ether oxygens (including phenoxy) is 1. The lowest BCUT2D eigenvalue weighted by molar-refractivity contribution is 0.299. The zero-order chi connectivity index (χ0) is 12.1. The van der Waals surface area contributed by atoms with Gasteiger partial charge in [-0.3, -0.25) is 0 Å². The second-order valence-corrected chi connectivity index (χ2v) is 5.10. The van der Waals surface area contributed by atoms with Crippen molar-refractivity contribution >= 4 is 11.6 Å². The summed E-state index contributed by atoms with van der Waals surface area (Å²) in [6.45, 7) is 3.97. The van der Waals surface area contributed by atoms with E-state index in [1.54, 1.807) is 0 Å². The molecule has 1 aliphatic rings. The molecule has 0 aromatic heterocycles. The number of hydrogen-bond donors (Lipinski definition) is 1. The number of hydrogen-bond acceptors (Lipinski definition) is 2. The Morgan fingerprint density at radius 2 is 2.35 bits per heavy atom. The van der Waals surface area contributed by atoms with Crippen LogP contribution in [0.2, 0.25) is 5.02 Å². The lowest BCUT2D eigenvalue weighted by Gasteiger charge is -2.11. The first-order valence-electron chi connectivity index (χ1n) is 6.38. The van der Waals surface area contributed by atoms with Crippen LogP contribution in [0.4, 0.5) is 0 Å². The molecule has 0 bridgehead atoms. The van der Waals surface area contributed by atoms with Gasteiger partial charge < -0.3 is 10.1 Å². The van der Waals surface area contributed by atoms with Crippen LogP contribution in [0.1, 0.15) is 31.2 Å². The molecular formula is C14H20ClNO. The lowest BCUT2D eigenvalue weighted by Crippen LogP contribution is -2.21. The van der Waals surface area contributed by atoms with E-state index < -0.39 is 0 Å². The molecule has 0 saturated carbocycles. The molecule has 1 atom stereocenters. The van der Waals surface area contributed by atoms with E-state index in [4.69, 9.17) is 16.3 Å². The minimum absolute atomic E-state index is 0.713. The number of halogens is 1. The first-order chi connectivity index (χ1) is 8.25. The summed E-state index contributed by atoms with van der Waals surface area (Å²) >= 11 is 5.96. The molecule has 1 fully saturated rings. The third-order valence-corrected chi connectivity index (χ3v) is 3.68. The van der Waals surface area contributed by atoms with Crippen molar-refractivity contribution in [3.63, 3.8) is 0 Å². The monoisotopic (exact) mass is 253 g/mol. The highest BCUT2D eigenvalue weighted by Crippen LogP contribution is 2.21. The lowest BCUT2D eigenvalue weighted by atomic mass is 10.1. The summed E-state index contributed by atoms with van der Waals surface area (Å²) in [6.07, 6.45) is 4.97. The zero-order valence-corrected chi connectivity index (χ0v) is 11.1. The normalized spacial score (nSPS) is 19.5. The van der Waals surface area contributed by atoms with E-state index in [2.05, 4.69) is 5.32 Å². The minimum atomic E-state index is 0.713. The van der Waals surface area contributed by atoms with Crippen molar-refractivity contribution in [2.24, 2.45) is 0 Å². The molecule has 2 rings (SSSR count). The molecular weight excluding hydrogens is 234 g/mol. The second kappa shape index (κ2) is 6.27.